The van der Waals surface area contributed by atoms with Crippen LogP contribution in [0.2, 0.25) is 0 Å². The number of allylic oxidation sites excluding steroid dienone is 1. The molecule has 0 spiro atoms. The monoisotopic (exact) mass is 375 g/mol. The molecular weight excluding hydrogens is 354 g/mol. The standard InChI is InChI=1S/C19H21NO5S/c1-4-25-18-7-5-6-15(19(18)24-3)10-13-17(21)14-8-11-16(12-9-14)26(22,23)20-2/h5-13,20H,4H2,1-3H3/b13-10+. The van der Waals surface area contributed by atoms with Crippen LogP contribution in [0.1, 0.15) is 22.8 Å². The van der Waals surface area contributed by atoms with Crippen LogP contribution in [-0.2, 0) is 10.0 Å². The predicted molar refractivity (Wildman–Crippen MR) is 100 cm³/mol. The van der Waals surface area contributed by atoms with Crippen molar-refractivity contribution >= 4 is 21.9 Å². The van der Waals surface area contributed by atoms with E-state index in [-0.39, 0.29) is 10.7 Å². The number of ketones is 1. The van der Waals surface area contributed by atoms with Gasteiger partial charge in [-0.3, -0.25) is 4.79 Å². The summed E-state index contributed by atoms with van der Waals surface area (Å²) in [5.41, 5.74) is 1.09. The van der Waals surface area contributed by atoms with E-state index in [4.69, 9.17) is 9.47 Å². The van der Waals surface area contributed by atoms with Crippen molar-refractivity contribution in [2.75, 3.05) is 20.8 Å². The van der Waals surface area contributed by atoms with Crippen molar-refractivity contribution in [2.24, 2.45) is 0 Å². The van der Waals surface area contributed by atoms with E-state index in [1.54, 1.807) is 12.1 Å². The predicted octanol–water partition coefficient (Wildman–Crippen LogP) is 2.90. The molecule has 0 aliphatic heterocycles. The third-order valence-corrected chi connectivity index (χ3v) is 5.08. The number of hydrogen-bond acceptors (Lipinski definition) is 5. The van der Waals surface area contributed by atoms with Crippen molar-refractivity contribution < 1.29 is 22.7 Å². The van der Waals surface area contributed by atoms with Crippen LogP contribution in [0.15, 0.2) is 53.4 Å². The molecule has 0 saturated heterocycles. The summed E-state index contributed by atoms with van der Waals surface area (Å²) in [5, 5.41) is 0. The van der Waals surface area contributed by atoms with Crippen LogP contribution in [0.25, 0.3) is 6.08 Å². The Morgan fingerprint density at radius 3 is 2.42 bits per heavy atom. The molecule has 0 bridgehead atoms. The maximum atomic E-state index is 12.3. The second kappa shape index (κ2) is 8.64. The molecule has 2 rings (SSSR count). The lowest BCUT2D eigenvalue weighted by Crippen LogP contribution is -2.18. The second-order valence-electron chi connectivity index (χ2n) is 5.24. The number of sulfonamides is 1. The molecule has 7 heteroatoms. The molecule has 0 amide bonds. The topological polar surface area (TPSA) is 81.7 Å². The summed E-state index contributed by atoms with van der Waals surface area (Å²) in [6, 6.07) is 11.2. The van der Waals surface area contributed by atoms with Gasteiger partial charge in [0, 0.05) is 11.1 Å². The number of carbonyl (C=O) groups excluding carboxylic acids is 1. The maximum Gasteiger partial charge on any atom is 0.240 e. The average molecular weight is 375 g/mol. The van der Waals surface area contributed by atoms with Gasteiger partial charge in [-0.25, -0.2) is 13.1 Å². The highest BCUT2D eigenvalue weighted by molar-refractivity contribution is 7.89. The number of para-hydroxylation sites is 1. The van der Waals surface area contributed by atoms with Gasteiger partial charge in [0.25, 0.3) is 0 Å². The number of benzene rings is 2. The summed E-state index contributed by atoms with van der Waals surface area (Å²) < 4.78 is 36.5. The van der Waals surface area contributed by atoms with Gasteiger partial charge in [-0.1, -0.05) is 12.1 Å². The first kappa shape index (κ1) is 19.7. The first-order valence-electron chi connectivity index (χ1n) is 7.98. The van der Waals surface area contributed by atoms with Gasteiger partial charge in [0.15, 0.2) is 17.3 Å². The van der Waals surface area contributed by atoms with Gasteiger partial charge in [0.2, 0.25) is 10.0 Å². The van der Waals surface area contributed by atoms with Gasteiger partial charge >= 0.3 is 0 Å². The van der Waals surface area contributed by atoms with Gasteiger partial charge < -0.3 is 9.47 Å². The van der Waals surface area contributed by atoms with Crippen molar-refractivity contribution in [1.29, 1.82) is 0 Å². The van der Waals surface area contributed by atoms with Crippen molar-refractivity contribution in [3.63, 3.8) is 0 Å². The number of rotatable bonds is 8. The summed E-state index contributed by atoms with van der Waals surface area (Å²) in [4.78, 5) is 12.4. The van der Waals surface area contributed by atoms with Crippen LogP contribution < -0.4 is 14.2 Å². The molecule has 0 aliphatic rings. The second-order valence-corrected chi connectivity index (χ2v) is 7.13. The van der Waals surface area contributed by atoms with Crippen LogP contribution in [0.4, 0.5) is 0 Å². The third kappa shape index (κ3) is 4.50. The van der Waals surface area contributed by atoms with E-state index in [0.717, 1.165) is 0 Å². The number of ether oxygens (including phenoxy) is 2. The minimum atomic E-state index is -3.52. The highest BCUT2D eigenvalue weighted by Gasteiger charge is 2.12. The Balaban J connectivity index is 2.23. The smallest absolute Gasteiger partial charge is 0.240 e. The fraction of sp³-hybridized carbons (Fsp3) is 0.211. The van der Waals surface area contributed by atoms with Gasteiger partial charge in [-0.15, -0.1) is 0 Å². The molecule has 0 fully saturated rings. The minimum absolute atomic E-state index is 0.103. The quantitative estimate of drug-likeness (QED) is 0.567. The fourth-order valence-corrected chi connectivity index (χ4v) is 3.06. The van der Waals surface area contributed by atoms with E-state index in [1.807, 2.05) is 19.1 Å². The highest BCUT2D eigenvalue weighted by Crippen LogP contribution is 2.32. The Hall–Kier alpha value is -2.64. The summed E-state index contributed by atoms with van der Waals surface area (Å²) >= 11 is 0. The van der Waals surface area contributed by atoms with Crippen LogP contribution in [0.5, 0.6) is 11.5 Å². The molecule has 2 aromatic rings. The molecule has 0 atom stereocenters. The Labute approximate surface area is 153 Å². The lowest BCUT2D eigenvalue weighted by atomic mass is 10.1. The van der Waals surface area contributed by atoms with E-state index < -0.39 is 10.0 Å². The molecule has 26 heavy (non-hydrogen) atoms. The molecule has 0 saturated carbocycles. The number of nitrogens with one attached hydrogen (secondary N) is 1. The molecule has 0 aliphatic carbocycles. The van der Waals surface area contributed by atoms with Gasteiger partial charge in [0.05, 0.1) is 18.6 Å². The summed E-state index contributed by atoms with van der Waals surface area (Å²) in [6.45, 7) is 2.38. The number of hydrogen-bond donors (Lipinski definition) is 1. The van der Waals surface area contributed by atoms with Crippen LogP contribution >= 0.6 is 0 Å². The SMILES string of the molecule is CCOc1cccc(/C=C/C(=O)c2ccc(S(=O)(=O)NC)cc2)c1OC. The summed E-state index contributed by atoms with van der Waals surface area (Å²) in [5.74, 6) is 0.905. The van der Waals surface area contributed by atoms with Gasteiger partial charge in [-0.2, -0.15) is 0 Å². The van der Waals surface area contributed by atoms with E-state index in [9.17, 15) is 13.2 Å². The van der Waals surface area contributed by atoms with Crippen molar-refractivity contribution in [3.8, 4) is 11.5 Å². The Bertz CT molecular complexity index is 902. The average Bonchev–Trinajstić information content (AvgIpc) is 2.66. The Morgan fingerprint density at radius 1 is 1.15 bits per heavy atom. The third-order valence-electron chi connectivity index (χ3n) is 3.65. The van der Waals surface area contributed by atoms with Crippen LogP contribution in [0.3, 0.4) is 0 Å². The van der Waals surface area contributed by atoms with Crippen molar-refractivity contribution in [1.82, 2.24) is 4.72 Å². The first-order chi connectivity index (χ1) is 12.4. The van der Waals surface area contributed by atoms with Crippen LogP contribution in [-0.4, -0.2) is 35.0 Å². The molecule has 0 aromatic heterocycles. The Kier molecular flexibility index (Phi) is 6.54. The van der Waals surface area contributed by atoms with Crippen LogP contribution in [0, 0.1) is 0 Å². The summed E-state index contributed by atoms with van der Waals surface area (Å²) in [6.07, 6.45) is 3.05. The molecule has 0 radical (unpaired) electrons. The normalized spacial score (nSPS) is 11.5. The fourth-order valence-electron chi connectivity index (χ4n) is 2.33. The van der Waals surface area contributed by atoms with Gasteiger partial charge in [0.1, 0.15) is 0 Å². The number of methoxy groups -OCH3 is 1. The zero-order chi connectivity index (χ0) is 19.2. The number of carbonyl (C=O) groups is 1. The lowest BCUT2D eigenvalue weighted by Gasteiger charge is -2.11. The zero-order valence-electron chi connectivity index (χ0n) is 14.9. The Morgan fingerprint density at radius 2 is 1.85 bits per heavy atom. The van der Waals surface area contributed by atoms with E-state index >= 15 is 0 Å². The molecule has 6 nitrogen and oxygen atoms in total. The molecule has 2 aromatic carbocycles. The molecule has 0 unspecified atom stereocenters. The van der Waals surface area contributed by atoms with Crippen molar-refractivity contribution in [3.05, 3.63) is 59.7 Å². The zero-order valence-corrected chi connectivity index (χ0v) is 15.7. The van der Waals surface area contributed by atoms with E-state index in [2.05, 4.69) is 4.72 Å². The highest BCUT2D eigenvalue weighted by atomic mass is 32.2. The van der Waals surface area contributed by atoms with E-state index in [0.29, 0.717) is 29.2 Å². The largest absolute Gasteiger partial charge is 0.492 e. The first-order valence-corrected chi connectivity index (χ1v) is 9.47. The lowest BCUT2D eigenvalue weighted by molar-refractivity contribution is 0.104. The van der Waals surface area contributed by atoms with Crippen molar-refractivity contribution in [2.45, 2.75) is 11.8 Å². The molecule has 138 valence electrons. The van der Waals surface area contributed by atoms with E-state index in [1.165, 1.54) is 44.5 Å². The molecule has 0 heterocycles. The minimum Gasteiger partial charge on any atom is -0.492 e. The molecular formula is C19H21NO5S. The van der Waals surface area contributed by atoms with Gasteiger partial charge in [-0.05, 0) is 56.5 Å². The maximum absolute atomic E-state index is 12.3. The summed E-state index contributed by atoms with van der Waals surface area (Å²) in [7, 11) is -0.651. The molecule has 1 N–H and O–H groups in total.